The van der Waals surface area contributed by atoms with E-state index in [2.05, 4.69) is 22.5 Å². The van der Waals surface area contributed by atoms with Gasteiger partial charge in [-0.25, -0.2) is 4.79 Å². The van der Waals surface area contributed by atoms with Crippen LogP contribution in [0, 0.1) is 23.2 Å². The minimum atomic E-state index is -0.806. The van der Waals surface area contributed by atoms with Gasteiger partial charge in [0, 0.05) is 12.3 Å². The molecule has 0 saturated carbocycles. The summed E-state index contributed by atoms with van der Waals surface area (Å²) in [5, 5.41) is 15.2. The highest BCUT2D eigenvalue weighted by molar-refractivity contribution is 5.97. The standard InChI is InChI=1S/C30H42N2O6/c1-8-9-14-23(33)15-12-19-31-28(35)27(30(4,5)6)32-26(34)16-11-10-13-21(2)20-22(3)24-17-18-25(37-7)29(36)38-24/h8-10,12-13,18-20,22-24,27,33H,14-15,17H2,1-7H3,(H,31,35)(H,32,34)/b9-8-,13-10-,19-12-,21-20+/t22-,23-,24-,27+/m0/s1. The third-order valence-corrected chi connectivity index (χ3v) is 5.74. The Hall–Kier alpha value is -3.57. The lowest BCUT2D eigenvalue weighted by atomic mass is 9.86. The maximum atomic E-state index is 12.7. The molecule has 1 rings (SSSR count). The molecule has 208 valence electrons. The smallest absolute Gasteiger partial charge is 0.373 e. The average molecular weight is 527 g/mol. The van der Waals surface area contributed by atoms with E-state index in [4.69, 9.17) is 9.47 Å². The summed E-state index contributed by atoms with van der Waals surface area (Å²) in [6.45, 7) is 11.3. The molecule has 0 radical (unpaired) electrons. The first kappa shape index (κ1) is 32.5. The molecule has 0 spiro atoms. The van der Waals surface area contributed by atoms with Gasteiger partial charge in [-0.05, 0) is 56.4 Å². The number of aliphatic hydroxyl groups is 1. The zero-order valence-corrected chi connectivity index (χ0v) is 23.5. The van der Waals surface area contributed by atoms with Gasteiger partial charge in [0.15, 0.2) is 5.76 Å². The molecule has 0 aromatic rings. The molecule has 0 saturated heterocycles. The highest BCUT2D eigenvalue weighted by atomic mass is 16.6. The average Bonchev–Trinajstić information content (AvgIpc) is 2.85. The van der Waals surface area contributed by atoms with Crippen molar-refractivity contribution in [3.05, 3.63) is 60.1 Å². The predicted molar refractivity (Wildman–Crippen MR) is 148 cm³/mol. The largest absolute Gasteiger partial charge is 0.490 e. The first-order chi connectivity index (χ1) is 17.9. The maximum absolute atomic E-state index is 12.7. The van der Waals surface area contributed by atoms with Crippen LogP contribution >= 0.6 is 0 Å². The van der Waals surface area contributed by atoms with Gasteiger partial charge in [0.05, 0.1) is 13.2 Å². The van der Waals surface area contributed by atoms with E-state index in [1.807, 2.05) is 59.8 Å². The van der Waals surface area contributed by atoms with Crippen LogP contribution in [0.1, 0.15) is 60.8 Å². The molecule has 0 fully saturated rings. The third-order valence-electron chi connectivity index (χ3n) is 5.74. The van der Waals surface area contributed by atoms with Gasteiger partial charge >= 0.3 is 5.97 Å². The summed E-state index contributed by atoms with van der Waals surface area (Å²) in [6, 6.07) is -0.806. The summed E-state index contributed by atoms with van der Waals surface area (Å²) in [6.07, 6.45) is 14.6. The highest BCUT2D eigenvalue weighted by Crippen LogP contribution is 2.22. The van der Waals surface area contributed by atoms with Crippen LogP contribution in [0.2, 0.25) is 0 Å². The number of aliphatic hydroxyl groups excluding tert-OH is 1. The number of hydrogen-bond donors (Lipinski definition) is 3. The summed E-state index contributed by atoms with van der Waals surface area (Å²) in [7, 11) is 1.44. The van der Waals surface area contributed by atoms with Gasteiger partial charge in [0.1, 0.15) is 12.1 Å². The van der Waals surface area contributed by atoms with Crippen molar-refractivity contribution >= 4 is 17.8 Å². The molecule has 1 aliphatic rings. The van der Waals surface area contributed by atoms with E-state index in [0.717, 1.165) is 5.57 Å². The Labute approximate surface area is 226 Å². The third kappa shape index (κ3) is 12.1. The number of rotatable bonds is 11. The van der Waals surface area contributed by atoms with Crippen molar-refractivity contribution in [2.24, 2.45) is 11.3 Å². The SMILES string of the molecule is C/C=C\C[C@H](O)C/C=C\NC(=O)[C@@H](NC(=O)C#C/C=C\C(C)=C\[C@H](C)[C@@H]1CC=C(OC)C(=O)O1)C(C)(C)C. The van der Waals surface area contributed by atoms with Crippen LogP contribution < -0.4 is 10.6 Å². The van der Waals surface area contributed by atoms with E-state index in [0.29, 0.717) is 19.3 Å². The van der Waals surface area contributed by atoms with Crippen LogP contribution in [0.25, 0.3) is 0 Å². The Balaban J connectivity index is 2.67. The molecule has 1 aliphatic heterocycles. The van der Waals surface area contributed by atoms with E-state index in [-0.39, 0.29) is 23.7 Å². The highest BCUT2D eigenvalue weighted by Gasteiger charge is 2.32. The topological polar surface area (TPSA) is 114 Å². The lowest BCUT2D eigenvalue weighted by molar-refractivity contribution is -0.151. The number of methoxy groups -OCH3 is 1. The summed E-state index contributed by atoms with van der Waals surface area (Å²) in [4.78, 5) is 36.9. The number of hydrogen-bond acceptors (Lipinski definition) is 6. The quantitative estimate of drug-likeness (QED) is 0.163. The second kappa shape index (κ2) is 16.3. The normalized spacial score (nSPS) is 18.8. The van der Waals surface area contributed by atoms with Gasteiger partial charge in [0.25, 0.3) is 5.91 Å². The summed E-state index contributed by atoms with van der Waals surface area (Å²) in [5.41, 5.74) is 0.354. The summed E-state index contributed by atoms with van der Waals surface area (Å²) in [5.74, 6) is 3.98. The molecule has 8 heteroatoms. The second-order valence-corrected chi connectivity index (χ2v) is 10.2. The fourth-order valence-corrected chi connectivity index (χ4v) is 3.58. The van der Waals surface area contributed by atoms with Gasteiger partial charge < -0.3 is 25.2 Å². The Bertz CT molecular complexity index is 1030. The van der Waals surface area contributed by atoms with Crippen molar-refractivity contribution < 1.29 is 29.0 Å². The number of ether oxygens (including phenoxy) is 2. The molecule has 0 aromatic heterocycles. The van der Waals surface area contributed by atoms with Crippen LogP contribution in [0.3, 0.4) is 0 Å². The van der Waals surface area contributed by atoms with Gasteiger partial charge in [-0.1, -0.05) is 69.6 Å². The van der Waals surface area contributed by atoms with Crippen molar-refractivity contribution in [3.8, 4) is 11.8 Å². The van der Waals surface area contributed by atoms with Crippen molar-refractivity contribution in [2.45, 2.75) is 79.1 Å². The molecule has 3 N–H and O–H groups in total. The lowest BCUT2D eigenvalue weighted by Crippen LogP contribution is -2.52. The van der Waals surface area contributed by atoms with Crippen molar-refractivity contribution in [3.63, 3.8) is 0 Å². The van der Waals surface area contributed by atoms with Crippen LogP contribution in [-0.4, -0.2) is 48.2 Å². The molecule has 2 amide bonds. The Kier molecular flexibility index (Phi) is 13.9. The summed E-state index contributed by atoms with van der Waals surface area (Å²) < 4.78 is 10.4. The molecular weight excluding hydrogens is 484 g/mol. The van der Waals surface area contributed by atoms with E-state index >= 15 is 0 Å². The second-order valence-electron chi connectivity index (χ2n) is 10.2. The van der Waals surface area contributed by atoms with E-state index in [9.17, 15) is 19.5 Å². The Morgan fingerprint density at radius 2 is 1.97 bits per heavy atom. The van der Waals surface area contributed by atoms with Gasteiger partial charge in [0.2, 0.25) is 5.91 Å². The maximum Gasteiger partial charge on any atom is 0.373 e. The first-order valence-electron chi connectivity index (χ1n) is 12.8. The van der Waals surface area contributed by atoms with Gasteiger partial charge in [-0.2, -0.15) is 0 Å². The zero-order chi connectivity index (χ0) is 28.7. The molecule has 0 aromatic carbocycles. The zero-order valence-electron chi connectivity index (χ0n) is 23.5. The number of cyclic esters (lactones) is 1. The Morgan fingerprint density at radius 3 is 2.58 bits per heavy atom. The molecular formula is C30H42N2O6. The monoisotopic (exact) mass is 526 g/mol. The van der Waals surface area contributed by atoms with E-state index < -0.39 is 29.4 Å². The fraction of sp³-hybridized carbons (Fsp3) is 0.500. The lowest BCUT2D eigenvalue weighted by Gasteiger charge is -2.29. The van der Waals surface area contributed by atoms with E-state index in [1.54, 1.807) is 24.3 Å². The fourth-order valence-electron chi connectivity index (χ4n) is 3.58. The molecule has 38 heavy (non-hydrogen) atoms. The van der Waals surface area contributed by atoms with Gasteiger partial charge in [-0.15, -0.1) is 0 Å². The van der Waals surface area contributed by atoms with Crippen LogP contribution in [0.5, 0.6) is 0 Å². The summed E-state index contributed by atoms with van der Waals surface area (Å²) >= 11 is 0. The van der Waals surface area contributed by atoms with Crippen LogP contribution in [0.15, 0.2) is 60.1 Å². The molecule has 8 nitrogen and oxygen atoms in total. The minimum Gasteiger partial charge on any atom is -0.490 e. The Morgan fingerprint density at radius 1 is 1.29 bits per heavy atom. The van der Waals surface area contributed by atoms with Crippen molar-refractivity contribution in [2.75, 3.05) is 7.11 Å². The number of carbonyl (C=O) groups is 3. The molecule has 1 heterocycles. The number of amides is 2. The van der Waals surface area contributed by atoms with Gasteiger partial charge in [-0.3, -0.25) is 9.59 Å². The molecule has 0 bridgehead atoms. The predicted octanol–water partition coefficient (Wildman–Crippen LogP) is 3.85. The molecule has 0 unspecified atom stereocenters. The van der Waals surface area contributed by atoms with Crippen LogP contribution in [0.4, 0.5) is 0 Å². The van der Waals surface area contributed by atoms with E-state index in [1.165, 1.54) is 13.3 Å². The van der Waals surface area contributed by atoms with Crippen molar-refractivity contribution in [1.29, 1.82) is 0 Å². The number of nitrogens with one attached hydrogen (secondary N) is 2. The number of carbonyl (C=O) groups excluding carboxylic acids is 3. The van der Waals surface area contributed by atoms with Crippen molar-refractivity contribution in [1.82, 2.24) is 10.6 Å². The minimum absolute atomic E-state index is 0.0222. The molecule has 0 aliphatic carbocycles. The number of esters is 1. The van der Waals surface area contributed by atoms with Crippen LogP contribution in [-0.2, 0) is 23.9 Å². The number of allylic oxidation sites excluding steroid dienone is 4. The molecule has 4 atom stereocenters. The first-order valence-corrected chi connectivity index (χ1v) is 12.8.